The Morgan fingerprint density at radius 2 is 1.48 bits per heavy atom. The molecular weight excluding hydrogens is 373 g/mol. The average Bonchev–Trinajstić information content (AvgIpc) is 2.77. The van der Waals surface area contributed by atoms with Gasteiger partial charge in [0.2, 0.25) is 0 Å². The van der Waals surface area contributed by atoms with Gasteiger partial charge >= 0.3 is 0 Å². The van der Waals surface area contributed by atoms with E-state index >= 15 is 0 Å². The Balaban J connectivity index is 1.60. The molecule has 0 fully saturated rings. The molecule has 1 N–H and O–H groups in total. The van der Waals surface area contributed by atoms with Crippen molar-refractivity contribution in [1.29, 1.82) is 0 Å². The van der Waals surface area contributed by atoms with Gasteiger partial charge in [-0.2, -0.15) is 0 Å². The van der Waals surface area contributed by atoms with Crippen LogP contribution < -0.4 is 14.8 Å². The monoisotopic (exact) mass is 393 g/mol. The van der Waals surface area contributed by atoms with Crippen molar-refractivity contribution in [3.63, 3.8) is 0 Å². The van der Waals surface area contributed by atoms with Crippen LogP contribution in [0.2, 0.25) is 0 Å². The number of benzene rings is 3. The number of methoxy groups -OCH3 is 1. The first kappa shape index (κ1) is 20.1. The van der Waals surface area contributed by atoms with E-state index in [1.165, 1.54) is 24.3 Å². The van der Waals surface area contributed by atoms with E-state index in [0.29, 0.717) is 11.3 Å². The van der Waals surface area contributed by atoms with Gasteiger partial charge in [-0.25, -0.2) is 4.39 Å². The number of rotatable bonds is 8. The van der Waals surface area contributed by atoms with E-state index < -0.39 is 5.82 Å². The second kappa shape index (κ2) is 9.50. The number of carbonyl (C=O) groups excluding carboxylic acids is 2. The topological polar surface area (TPSA) is 64.6 Å². The summed E-state index contributed by atoms with van der Waals surface area (Å²) in [6.07, 6.45) is 0. The van der Waals surface area contributed by atoms with Crippen molar-refractivity contribution >= 4 is 11.7 Å². The van der Waals surface area contributed by atoms with Gasteiger partial charge in [-0.3, -0.25) is 9.59 Å². The molecule has 0 radical (unpaired) electrons. The third kappa shape index (κ3) is 5.19. The predicted octanol–water partition coefficient (Wildman–Crippen LogP) is 3.87. The first-order chi connectivity index (χ1) is 14.1. The number of halogens is 1. The lowest BCUT2D eigenvalue weighted by atomic mass is 9.98. The third-order valence-electron chi connectivity index (χ3n) is 4.24. The summed E-state index contributed by atoms with van der Waals surface area (Å²) in [4.78, 5) is 25.3. The summed E-state index contributed by atoms with van der Waals surface area (Å²) in [6, 6.07) is 18.9. The highest BCUT2D eigenvalue weighted by molar-refractivity contribution is 6.15. The number of ketones is 1. The maximum Gasteiger partial charge on any atom is 0.252 e. The van der Waals surface area contributed by atoms with Gasteiger partial charge in [-0.1, -0.05) is 18.2 Å². The van der Waals surface area contributed by atoms with E-state index in [0.717, 1.165) is 5.75 Å². The number of amides is 1. The summed E-state index contributed by atoms with van der Waals surface area (Å²) >= 11 is 0. The van der Waals surface area contributed by atoms with Crippen molar-refractivity contribution in [3.05, 3.63) is 95.3 Å². The Morgan fingerprint density at radius 3 is 2.14 bits per heavy atom. The summed E-state index contributed by atoms with van der Waals surface area (Å²) in [7, 11) is 1.59. The Morgan fingerprint density at radius 1 is 0.862 bits per heavy atom. The van der Waals surface area contributed by atoms with Crippen LogP contribution in [-0.2, 0) is 0 Å². The number of hydrogen-bond donors (Lipinski definition) is 1. The number of hydrogen-bond acceptors (Lipinski definition) is 4. The molecule has 0 aromatic heterocycles. The Hall–Kier alpha value is -3.67. The molecule has 0 saturated carbocycles. The van der Waals surface area contributed by atoms with Crippen LogP contribution in [0.5, 0.6) is 11.5 Å². The predicted molar refractivity (Wildman–Crippen MR) is 107 cm³/mol. The minimum atomic E-state index is -0.426. The van der Waals surface area contributed by atoms with Crippen LogP contribution in [0, 0.1) is 5.82 Å². The summed E-state index contributed by atoms with van der Waals surface area (Å²) in [5.41, 5.74) is 0.827. The summed E-state index contributed by atoms with van der Waals surface area (Å²) in [6.45, 7) is 0.538. The average molecular weight is 393 g/mol. The molecule has 0 bridgehead atoms. The van der Waals surface area contributed by atoms with E-state index in [2.05, 4.69) is 5.32 Å². The van der Waals surface area contributed by atoms with Crippen molar-refractivity contribution in [2.24, 2.45) is 0 Å². The zero-order valence-corrected chi connectivity index (χ0v) is 15.9. The molecule has 3 aromatic rings. The molecule has 1 amide bonds. The molecule has 3 rings (SSSR count). The van der Waals surface area contributed by atoms with Crippen LogP contribution in [0.25, 0.3) is 0 Å². The quantitative estimate of drug-likeness (QED) is 0.466. The van der Waals surface area contributed by atoms with Gasteiger partial charge < -0.3 is 14.8 Å². The van der Waals surface area contributed by atoms with Gasteiger partial charge in [0.05, 0.1) is 19.2 Å². The Bertz CT molecular complexity index is 985. The van der Waals surface area contributed by atoms with Crippen LogP contribution in [-0.4, -0.2) is 32.0 Å². The first-order valence-electron chi connectivity index (χ1n) is 9.03. The SMILES string of the molecule is COc1ccc(OCCNC(=O)c2ccccc2C(=O)c2ccc(F)cc2)cc1. The van der Waals surface area contributed by atoms with E-state index in [1.807, 2.05) is 0 Å². The van der Waals surface area contributed by atoms with E-state index in [-0.39, 0.29) is 36.0 Å². The van der Waals surface area contributed by atoms with Crippen molar-refractivity contribution in [3.8, 4) is 11.5 Å². The van der Waals surface area contributed by atoms with E-state index in [9.17, 15) is 14.0 Å². The molecule has 0 aliphatic carbocycles. The molecule has 0 aliphatic heterocycles. The smallest absolute Gasteiger partial charge is 0.252 e. The van der Waals surface area contributed by atoms with Crippen LogP contribution in [0.3, 0.4) is 0 Å². The molecule has 5 nitrogen and oxygen atoms in total. The molecule has 148 valence electrons. The van der Waals surface area contributed by atoms with Crippen molar-refractivity contribution in [2.75, 3.05) is 20.3 Å². The van der Waals surface area contributed by atoms with Gasteiger partial charge in [0.15, 0.2) is 5.78 Å². The van der Waals surface area contributed by atoms with Crippen LogP contribution in [0.4, 0.5) is 4.39 Å². The zero-order valence-electron chi connectivity index (χ0n) is 15.9. The van der Waals surface area contributed by atoms with Crippen LogP contribution in [0.15, 0.2) is 72.8 Å². The number of nitrogens with one attached hydrogen (secondary N) is 1. The Labute approximate surface area is 168 Å². The minimum Gasteiger partial charge on any atom is -0.497 e. The lowest BCUT2D eigenvalue weighted by molar-refractivity contribution is 0.0936. The van der Waals surface area contributed by atoms with Gasteiger partial charge in [-0.15, -0.1) is 0 Å². The minimum absolute atomic E-state index is 0.256. The second-order valence-corrected chi connectivity index (χ2v) is 6.16. The molecule has 0 unspecified atom stereocenters. The van der Waals surface area contributed by atoms with Crippen molar-refractivity contribution in [1.82, 2.24) is 5.32 Å². The highest BCUT2D eigenvalue weighted by atomic mass is 19.1. The number of carbonyl (C=O) groups is 2. The first-order valence-corrected chi connectivity index (χ1v) is 9.03. The maximum absolute atomic E-state index is 13.1. The highest BCUT2D eigenvalue weighted by Crippen LogP contribution is 2.17. The molecule has 0 atom stereocenters. The molecule has 29 heavy (non-hydrogen) atoms. The fourth-order valence-electron chi connectivity index (χ4n) is 2.74. The number of ether oxygens (including phenoxy) is 2. The maximum atomic E-state index is 13.1. The molecule has 0 aliphatic rings. The summed E-state index contributed by atoms with van der Waals surface area (Å²) in [5.74, 6) is 0.240. The van der Waals surface area contributed by atoms with Crippen LogP contribution >= 0.6 is 0 Å². The third-order valence-corrected chi connectivity index (χ3v) is 4.24. The van der Waals surface area contributed by atoms with Gasteiger partial charge in [0, 0.05) is 11.1 Å². The molecule has 3 aromatic carbocycles. The normalized spacial score (nSPS) is 10.3. The van der Waals surface area contributed by atoms with E-state index in [4.69, 9.17) is 9.47 Å². The van der Waals surface area contributed by atoms with Crippen molar-refractivity contribution in [2.45, 2.75) is 0 Å². The summed E-state index contributed by atoms with van der Waals surface area (Å²) < 4.78 is 23.8. The van der Waals surface area contributed by atoms with Gasteiger partial charge in [-0.05, 0) is 54.6 Å². The fraction of sp³-hybridized carbons (Fsp3) is 0.130. The van der Waals surface area contributed by atoms with Gasteiger partial charge in [0.25, 0.3) is 5.91 Å². The molecule has 6 heteroatoms. The lowest BCUT2D eigenvalue weighted by Crippen LogP contribution is -2.29. The van der Waals surface area contributed by atoms with E-state index in [1.54, 1.807) is 55.6 Å². The highest BCUT2D eigenvalue weighted by Gasteiger charge is 2.17. The fourth-order valence-corrected chi connectivity index (χ4v) is 2.74. The summed E-state index contributed by atoms with van der Waals surface area (Å²) in [5, 5.41) is 2.75. The molecule has 0 saturated heterocycles. The van der Waals surface area contributed by atoms with Gasteiger partial charge in [0.1, 0.15) is 23.9 Å². The molecular formula is C23H20FNO4. The Kier molecular flexibility index (Phi) is 6.58. The standard InChI is InChI=1S/C23H20FNO4/c1-28-18-10-12-19(13-11-18)29-15-14-25-23(27)21-5-3-2-4-20(21)22(26)16-6-8-17(24)9-7-16/h2-13H,14-15H2,1H3,(H,25,27). The van der Waals surface area contributed by atoms with Crippen molar-refractivity contribution < 1.29 is 23.5 Å². The lowest BCUT2D eigenvalue weighted by Gasteiger charge is -2.11. The largest absolute Gasteiger partial charge is 0.497 e. The zero-order chi connectivity index (χ0) is 20.6. The molecule has 0 heterocycles. The van der Waals surface area contributed by atoms with Crippen LogP contribution in [0.1, 0.15) is 26.3 Å². The second-order valence-electron chi connectivity index (χ2n) is 6.16. The molecule has 0 spiro atoms.